The molecule has 0 aromatic heterocycles. The molecular formula is C135H296N8O. The van der Waals surface area contributed by atoms with Crippen molar-refractivity contribution in [1.82, 2.24) is 5.32 Å². The lowest BCUT2D eigenvalue weighted by Crippen LogP contribution is -2.64. The first kappa shape index (κ1) is 161. The first-order valence-electron chi connectivity index (χ1n) is 61.6. The predicted octanol–water partition coefficient (Wildman–Crippen LogP) is 41.6. The highest BCUT2D eigenvalue weighted by Gasteiger charge is 2.66. The number of hydrogen-bond donors (Lipinski definition) is 8. The van der Waals surface area contributed by atoms with E-state index in [1.54, 1.807) is 0 Å². The zero-order valence-electron chi connectivity index (χ0n) is 115. The molecule has 0 radical (unpaired) electrons. The van der Waals surface area contributed by atoms with Gasteiger partial charge in [0.1, 0.15) is 0 Å². The van der Waals surface area contributed by atoms with Crippen LogP contribution in [0.3, 0.4) is 0 Å². The Morgan fingerprint density at radius 1 is 0.208 bits per heavy atom. The largest absolute Gasteiger partial charge is 0.379 e. The van der Waals surface area contributed by atoms with Gasteiger partial charge in [0.05, 0.1) is 13.2 Å². The zero-order valence-corrected chi connectivity index (χ0v) is 115. The van der Waals surface area contributed by atoms with Crippen molar-refractivity contribution in [2.24, 2.45) is 186 Å². The van der Waals surface area contributed by atoms with Gasteiger partial charge in [0.25, 0.3) is 0 Å². The van der Waals surface area contributed by atoms with Crippen LogP contribution in [-0.2, 0) is 4.74 Å². The van der Waals surface area contributed by atoms with Crippen LogP contribution >= 0.6 is 0 Å². The molecule has 1 saturated heterocycles. The van der Waals surface area contributed by atoms with Crippen LogP contribution in [0.5, 0.6) is 0 Å². The Morgan fingerprint density at radius 2 is 0.451 bits per heavy atom. The minimum atomic E-state index is -0.0243. The van der Waals surface area contributed by atoms with E-state index in [1.807, 2.05) is 125 Å². The molecule has 7 atom stereocenters. The maximum atomic E-state index is 6.63. The number of nitrogens with one attached hydrogen (secondary N) is 1. The van der Waals surface area contributed by atoms with E-state index in [9.17, 15) is 0 Å². The van der Waals surface area contributed by atoms with Gasteiger partial charge in [-0.15, -0.1) is 0 Å². The van der Waals surface area contributed by atoms with Crippen molar-refractivity contribution in [2.45, 2.75) is 707 Å². The molecule has 9 nitrogen and oxygen atoms in total. The Labute approximate surface area is 918 Å². The monoisotopic (exact) mass is 2050 g/mol. The van der Waals surface area contributed by atoms with Crippen LogP contribution in [0.1, 0.15) is 660 Å². The van der Waals surface area contributed by atoms with E-state index >= 15 is 0 Å². The van der Waals surface area contributed by atoms with Gasteiger partial charge in [-0.3, -0.25) is 0 Å². The summed E-state index contributed by atoms with van der Waals surface area (Å²) in [5, 5.41) is 3.57. The molecule has 9 fully saturated rings. The quantitative estimate of drug-likeness (QED) is 0.126. The molecule has 0 bridgehead atoms. The molecule has 0 aromatic carbocycles. The Hall–Kier alpha value is -0.360. The molecule has 144 heavy (non-hydrogen) atoms. The van der Waals surface area contributed by atoms with Crippen molar-refractivity contribution >= 4 is 0 Å². The molecule has 9 heteroatoms. The first-order chi connectivity index (χ1) is 64.0. The van der Waals surface area contributed by atoms with Crippen molar-refractivity contribution in [3.05, 3.63) is 0 Å². The van der Waals surface area contributed by atoms with E-state index < -0.39 is 0 Å². The summed E-state index contributed by atoms with van der Waals surface area (Å²) >= 11 is 0. The molecule has 15 N–H and O–H groups in total. The molecule has 8 saturated carbocycles. The second-order valence-electron chi connectivity index (χ2n) is 63.0. The number of nitrogens with two attached hydrogens (primary N) is 7. The smallest absolute Gasteiger partial charge is 0.0624 e. The topological polar surface area (TPSA) is 203 Å². The van der Waals surface area contributed by atoms with Gasteiger partial charge in [-0.2, -0.15) is 0 Å². The minimum absolute atomic E-state index is 0.0243. The van der Waals surface area contributed by atoms with Gasteiger partial charge >= 0.3 is 0 Å². The predicted molar refractivity (Wildman–Crippen MR) is 669 cm³/mol. The Morgan fingerprint density at radius 3 is 0.583 bits per heavy atom. The number of ether oxygens (including phenoxy) is 1. The van der Waals surface area contributed by atoms with Crippen molar-refractivity contribution in [1.29, 1.82) is 0 Å². The summed E-state index contributed by atoms with van der Waals surface area (Å²) in [4.78, 5) is 0. The molecule has 1 heterocycles. The van der Waals surface area contributed by atoms with E-state index in [0.717, 1.165) is 6.61 Å². The molecule has 0 amide bonds. The molecule has 7 unspecified atom stereocenters. The van der Waals surface area contributed by atoms with E-state index in [-0.39, 0.29) is 49.5 Å². The molecule has 9 aliphatic rings. The summed E-state index contributed by atoms with van der Waals surface area (Å²) in [6.45, 7) is 167. The Bertz CT molecular complexity index is 2990. The van der Waals surface area contributed by atoms with E-state index in [0.29, 0.717) is 151 Å². The van der Waals surface area contributed by atoms with Gasteiger partial charge in [0.2, 0.25) is 0 Å². The van der Waals surface area contributed by atoms with Gasteiger partial charge in [0, 0.05) is 53.2 Å². The van der Waals surface area contributed by atoms with Crippen molar-refractivity contribution in [2.75, 3.05) is 20.3 Å². The van der Waals surface area contributed by atoms with Crippen LogP contribution in [0.4, 0.5) is 0 Å². The Balaban J connectivity index is -0.000000199. The van der Waals surface area contributed by atoms with E-state index in [2.05, 4.69) is 393 Å². The fourth-order valence-electron chi connectivity index (χ4n) is 34.5. The second kappa shape index (κ2) is 61.0. The fourth-order valence-corrected chi connectivity index (χ4v) is 34.5. The highest BCUT2D eigenvalue weighted by molar-refractivity contribution is 5.18. The first-order valence-corrected chi connectivity index (χ1v) is 61.6. The van der Waals surface area contributed by atoms with Crippen LogP contribution in [0, 0.1) is 146 Å². The standard InChI is InChI=1S/3C14H29N.2C13H27N.C13H26.C12H25NO.2C12H25N.9C2H6/c1-12(2,3)14(13(4,5)6)10-8-9-11(14)15-7;1-11(2,3)14(12(4,5)6)10-8-9-13(14,7)15;1-12(2,3)14(13(4,5)6)10-8-7-9-11(14)15;1-11(2,3)13(12(4,5)6)8-7-10(14)9-13;1-11(2,3)13(12(4,5)6)9-7-8-10(13)14;1-11(2,3)13(12(4,5)6)9-7-8-10-13;1-10(2,3)12(11(4,5)6)8-14-7-9(12)13;1-10(2,3)12(11(4,5)6)7-9(13)8-12;1-10(2,3)12(11(4,5)6)8-7-9(12)13;9*1-2/h11,15H,8-10H2,1-7H3;8-10,15H2,1-7H3;11H,7-10,15H2,1-6H3;2*10H,7-9,14H2,1-6H3;7-10H2,1-6H3;9H,7-8,13H2,1-6H3;2*9H,7-8,13H2,1-6H3;9*1-2H3. The van der Waals surface area contributed by atoms with E-state index in [4.69, 9.17) is 44.9 Å². The fraction of sp³-hybridized carbons (Fsp3) is 1.00. The van der Waals surface area contributed by atoms with Crippen LogP contribution in [-0.4, -0.2) is 68.1 Å². The summed E-state index contributed by atoms with van der Waals surface area (Å²) in [6, 6.07) is 2.84. The van der Waals surface area contributed by atoms with Gasteiger partial charge < -0.3 is 50.2 Å². The molecule has 0 spiro atoms. The summed E-state index contributed by atoms with van der Waals surface area (Å²) in [7, 11) is 2.13. The highest BCUT2D eigenvalue weighted by Crippen LogP contribution is 2.70. The lowest BCUT2D eigenvalue weighted by atomic mass is 9.43. The normalized spacial score (nSPS) is 24.5. The molecule has 0 aromatic rings. The van der Waals surface area contributed by atoms with Crippen molar-refractivity contribution in [3.8, 4) is 0 Å². The van der Waals surface area contributed by atoms with Crippen LogP contribution in [0.25, 0.3) is 0 Å². The summed E-state index contributed by atoms with van der Waals surface area (Å²) in [5.41, 5.74) is 53.0. The highest BCUT2D eigenvalue weighted by atomic mass is 16.5. The molecule has 882 valence electrons. The van der Waals surface area contributed by atoms with Crippen LogP contribution < -0.4 is 45.5 Å². The summed E-state index contributed by atoms with van der Waals surface area (Å²) in [5.74, 6) is 0. The molecular weight excluding hydrogens is 1750 g/mol. The van der Waals surface area contributed by atoms with Gasteiger partial charge in [-0.25, -0.2) is 0 Å². The lowest BCUT2D eigenvalue weighted by molar-refractivity contribution is -0.119. The van der Waals surface area contributed by atoms with Crippen LogP contribution in [0.15, 0.2) is 0 Å². The Kier molecular flexibility index (Phi) is 68.3. The second-order valence-corrected chi connectivity index (χ2v) is 63.0. The number of hydrogen-bond acceptors (Lipinski definition) is 9. The minimum Gasteiger partial charge on any atom is -0.379 e. The van der Waals surface area contributed by atoms with Crippen molar-refractivity contribution in [3.63, 3.8) is 0 Å². The third kappa shape index (κ3) is 36.9. The third-order valence-corrected chi connectivity index (χ3v) is 39.5. The lowest BCUT2D eigenvalue weighted by Gasteiger charge is -2.63. The van der Waals surface area contributed by atoms with Crippen LogP contribution in [0.2, 0.25) is 0 Å². The van der Waals surface area contributed by atoms with Crippen molar-refractivity contribution < 1.29 is 4.74 Å². The SMILES string of the molecule is CC.CC.CC.CC.CC.CC.CC.CC.CC.CC(C)(C)C1(C(C)(C)C)CC(N)C1.CC(C)(C)C1(C(C)(C)C)CCC(N)C1.CC(C)(C)C1(C(C)(C)C)CCC1N.CC(C)(C)C1(C(C)(C)C)CCCC1.CC(C)(C)C1(C(C)(C)C)CCCC1(C)N.CC(C)(C)C1(C(C)(C)C)CCCC1N.CC(C)(C)C1(C(C)(C)C)CCCCC1N.CC(C)(C)C1(C(C)(C)C)COCC1N.CNC1CCCC1(C(C)(C)C)C(C)(C)C. The van der Waals surface area contributed by atoms with E-state index in [1.165, 1.54) is 154 Å². The zero-order chi connectivity index (χ0) is 119. The average molecular weight is 2050 g/mol. The molecule has 1 aliphatic heterocycles. The third-order valence-electron chi connectivity index (χ3n) is 39.5. The summed E-state index contributed by atoms with van der Waals surface area (Å²) in [6.07, 6.45) is 31.1. The number of rotatable bonds is 1. The molecule has 8 aliphatic carbocycles. The van der Waals surface area contributed by atoms with Gasteiger partial charge in [-0.1, -0.05) is 543 Å². The maximum Gasteiger partial charge on any atom is 0.0624 e. The maximum absolute atomic E-state index is 6.63. The van der Waals surface area contributed by atoms with Gasteiger partial charge in [-0.05, 0) is 264 Å². The summed E-state index contributed by atoms with van der Waals surface area (Å²) < 4.78 is 5.60. The van der Waals surface area contributed by atoms with Gasteiger partial charge in [0.15, 0.2) is 0 Å². The molecule has 9 rings (SSSR count). The average Bonchev–Trinajstić information content (AvgIpc) is 1.72.